The Morgan fingerprint density at radius 3 is 1.36 bits per heavy atom. The first-order valence-corrected chi connectivity index (χ1v) is 11.9. The van der Waals surface area contributed by atoms with Gasteiger partial charge in [-0.3, -0.25) is 0 Å². The van der Waals surface area contributed by atoms with Crippen LogP contribution in [0.5, 0.6) is 0 Å². The Hall–Kier alpha value is -1.22. The summed E-state index contributed by atoms with van der Waals surface area (Å²) in [5.74, 6) is 0. The van der Waals surface area contributed by atoms with E-state index in [1.807, 2.05) is 0 Å². The summed E-state index contributed by atoms with van der Waals surface area (Å²) in [5.41, 5.74) is 0. The molecule has 0 heterocycles. The Balaban J connectivity index is 0.00000225. The molecule has 3 aromatic rings. The van der Waals surface area contributed by atoms with Crippen molar-refractivity contribution in [1.82, 2.24) is 4.67 Å². The molecule has 0 saturated heterocycles. The molecular formula is C25H29INP. The van der Waals surface area contributed by atoms with E-state index >= 15 is 0 Å². The number of nitrogens with zero attached hydrogens (tertiary/aromatic N) is 1. The van der Waals surface area contributed by atoms with Gasteiger partial charge in [-0.05, 0) is 56.2 Å². The molecule has 0 N–H and O–H groups in total. The molecule has 1 saturated carbocycles. The average molecular weight is 501 g/mol. The molecule has 3 heteroatoms. The van der Waals surface area contributed by atoms with E-state index < -0.39 is 7.41 Å². The van der Waals surface area contributed by atoms with Gasteiger partial charge in [0.15, 0.2) is 7.41 Å². The van der Waals surface area contributed by atoms with E-state index in [0.29, 0.717) is 6.04 Å². The molecule has 0 spiro atoms. The standard InChI is InChI=1S/C25H29NP.HI/c1-2-26(22-14-12-13-15-22)27(23-16-6-3-7-17-23,24-18-8-4-9-19-24)25-20-10-5-11-21-25;/h3-11,16-22H,2,12-15H2,1H3;1H/q+1;/p-1. The van der Waals surface area contributed by atoms with Crippen LogP contribution in [0.15, 0.2) is 91.0 Å². The van der Waals surface area contributed by atoms with Crippen molar-refractivity contribution >= 4 is 23.3 Å². The summed E-state index contributed by atoms with van der Waals surface area (Å²) >= 11 is 0. The Morgan fingerprint density at radius 2 is 1.04 bits per heavy atom. The maximum Gasteiger partial charge on any atom is 0.181 e. The lowest BCUT2D eigenvalue weighted by molar-refractivity contribution is -0.00000552. The molecule has 1 nitrogen and oxygen atoms in total. The van der Waals surface area contributed by atoms with E-state index in [1.54, 1.807) is 0 Å². The fourth-order valence-electron chi connectivity index (χ4n) is 4.74. The number of halogens is 1. The van der Waals surface area contributed by atoms with E-state index in [-0.39, 0.29) is 24.0 Å². The van der Waals surface area contributed by atoms with Gasteiger partial charge in [0.25, 0.3) is 0 Å². The minimum atomic E-state index is -1.88. The maximum atomic E-state index is 2.88. The zero-order chi connectivity index (χ0) is 18.5. The van der Waals surface area contributed by atoms with E-state index in [9.17, 15) is 0 Å². The van der Waals surface area contributed by atoms with Crippen LogP contribution in [-0.2, 0) is 0 Å². The SMILES string of the molecule is CCN(C1CCCC1)[P+](c1ccccc1)(c1ccccc1)c1ccccc1.[I-]. The van der Waals surface area contributed by atoms with Crippen LogP contribution >= 0.6 is 7.41 Å². The molecule has 1 aliphatic rings. The van der Waals surface area contributed by atoms with Gasteiger partial charge in [-0.25, -0.2) is 0 Å². The lowest BCUT2D eigenvalue weighted by Gasteiger charge is -2.39. The molecule has 0 unspecified atom stereocenters. The Bertz CT molecular complexity index is 736. The molecule has 1 aliphatic carbocycles. The smallest absolute Gasteiger partial charge is 0.181 e. The number of hydrogen-bond acceptors (Lipinski definition) is 1. The molecule has 3 aromatic carbocycles. The van der Waals surface area contributed by atoms with Crippen LogP contribution in [0.1, 0.15) is 32.6 Å². The van der Waals surface area contributed by atoms with Crippen LogP contribution in [-0.4, -0.2) is 17.3 Å². The zero-order valence-electron chi connectivity index (χ0n) is 16.5. The van der Waals surface area contributed by atoms with Gasteiger partial charge in [-0.2, -0.15) is 4.67 Å². The van der Waals surface area contributed by atoms with Crippen LogP contribution in [0.4, 0.5) is 0 Å². The highest BCUT2D eigenvalue weighted by Crippen LogP contribution is 2.60. The molecule has 146 valence electrons. The lowest BCUT2D eigenvalue weighted by atomic mass is 10.2. The quantitative estimate of drug-likeness (QED) is 0.370. The maximum absolute atomic E-state index is 2.88. The molecule has 0 bridgehead atoms. The van der Waals surface area contributed by atoms with Gasteiger partial charge in [0, 0.05) is 12.6 Å². The van der Waals surface area contributed by atoms with Gasteiger partial charge in [-0.1, -0.05) is 67.4 Å². The third-order valence-electron chi connectivity index (χ3n) is 5.85. The Kier molecular flexibility index (Phi) is 7.68. The fourth-order valence-corrected chi connectivity index (χ4v) is 9.48. The Labute approximate surface area is 187 Å². The Morgan fingerprint density at radius 1 is 0.679 bits per heavy atom. The molecule has 1 fully saturated rings. The summed E-state index contributed by atoms with van der Waals surface area (Å²) in [6.07, 6.45) is 5.36. The first-order valence-electron chi connectivity index (χ1n) is 10.2. The van der Waals surface area contributed by atoms with Gasteiger partial charge in [0.2, 0.25) is 0 Å². The minimum absolute atomic E-state index is 0. The largest absolute Gasteiger partial charge is 1.00 e. The molecule has 0 aromatic heterocycles. The normalized spacial score (nSPS) is 14.8. The molecule has 0 atom stereocenters. The lowest BCUT2D eigenvalue weighted by Crippen LogP contribution is -3.00. The summed E-state index contributed by atoms with van der Waals surface area (Å²) in [6, 6.07) is 34.4. The van der Waals surface area contributed by atoms with Crippen molar-refractivity contribution in [3.05, 3.63) is 91.0 Å². The highest BCUT2D eigenvalue weighted by molar-refractivity contribution is 7.93. The molecular weight excluding hydrogens is 472 g/mol. The number of rotatable bonds is 6. The summed E-state index contributed by atoms with van der Waals surface area (Å²) in [7, 11) is -1.88. The monoisotopic (exact) mass is 501 g/mol. The van der Waals surface area contributed by atoms with E-state index in [1.165, 1.54) is 41.6 Å². The molecule has 0 amide bonds. The van der Waals surface area contributed by atoms with Crippen LogP contribution in [0.25, 0.3) is 0 Å². The number of hydrogen-bond donors (Lipinski definition) is 0. The van der Waals surface area contributed by atoms with Crippen LogP contribution in [0.2, 0.25) is 0 Å². The summed E-state index contributed by atoms with van der Waals surface area (Å²) in [6.45, 7) is 3.43. The first kappa shape index (κ1) is 21.5. The second-order valence-corrected chi connectivity index (χ2v) is 10.7. The molecule has 4 rings (SSSR count). The zero-order valence-corrected chi connectivity index (χ0v) is 19.6. The first-order chi connectivity index (χ1) is 13.4. The van der Waals surface area contributed by atoms with Gasteiger partial charge < -0.3 is 24.0 Å². The van der Waals surface area contributed by atoms with Gasteiger partial charge in [-0.15, -0.1) is 0 Å². The van der Waals surface area contributed by atoms with Crippen molar-refractivity contribution in [2.24, 2.45) is 0 Å². The van der Waals surface area contributed by atoms with E-state index in [4.69, 9.17) is 0 Å². The summed E-state index contributed by atoms with van der Waals surface area (Å²) < 4.78 is 2.88. The molecule has 28 heavy (non-hydrogen) atoms. The van der Waals surface area contributed by atoms with E-state index in [2.05, 4.69) is 103 Å². The van der Waals surface area contributed by atoms with Gasteiger partial charge in [0.1, 0.15) is 15.9 Å². The van der Waals surface area contributed by atoms with Crippen molar-refractivity contribution in [3.63, 3.8) is 0 Å². The second-order valence-electron chi connectivity index (χ2n) is 7.34. The average Bonchev–Trinajstić information content (AvgIpc) is 3.28. The summed E-state index contributed by atoms with van der Waals surface area (Å²) in [4.78, 5) is 0. The van der Waals surface area contributed by atoms with Gasteiger partial charge >= 0.3 is 0 Å². The highest BCUT2D eigenvalue weighted by Gasteiger charge is 2.53. The van der Waals surface area contributed by atoms with Crippen molar-refractivity contribution in [2.75, 3.05) is 6.54 Å². The molecule has 0 aliphatic heterocycles. The predicted octanol–water partition coefficient (Wildman–Crippen LogP) is 2.16. The van der Waals surface area contributed by atoms with Crippen LogP contribution in [0, 0.1) is 0 Å². The molecule has 0 radical (unpaired) electrons. The third-order valence-corrected chi connectivity index (χ3v) is 10.4. The van der Waals surface area contributed by atoms with E-state index in [0.717, 1.165) is 6.54 Å². The van der Waals surface area contributed by atoms with Crippen molar-refractivity contribution in [1.29, 1.82) is 0 Å². The van der Waals surface area contributed by atoms with Gasteiger partial charge in [0.05, 0.1) is 0 Å². The van der Waals surface area contributed by atoms with Crippen LogP contribution < -0.4 is 39.9 Å². The highest BCUT2D eigenvalue weighted by atomic mass is 127. The fraction of sp³-hybridized carbons (Fsp3) is 0.280. The summed E-state index contributed by atoms with van der Waals surface area (Å²) in [5, 5.41) is 4.41. The topological polar surface area (TPSA) is 3.24 Å². The number of benzene rings is 3. The van der Waals surface area contributed by atoms with Crippen LogP contribution in [0.3, 0.4) is 0 Å². The predicted molar refractivity (Wildman–Crippen MR) is 120 cm³/mol. The third kappa shape index (κ3) is 3.92. The van der Waals surface area contributed by atoms with Crippen molar-refractivity contribution in [2.45, 2.75) is 38.6 Å². The second kappa shape index (κ2) is 10.0. The minimum Gasteiger partial charge on any atom is -1.00 e. The van der Waals surface area contributed by atoms with Crippen molar-refractivity contribution in [3.8, 4) is 0 Å². The van der Waals surface area contributed by atoms with Crippen molar-refractivity contribution < 1.29 is 24.0 Å².